The first-order valence-corrected chi connectivity index (χ1v) is 10.1. The van der Waals surface area contributed by atoms with Gasteiger partial charge in [0.05, 0.1) is 6.04 Å². The van der Waals surface area contributed by atoms with Crippen molar-refractivity contribution in [1.82, 2.24) is 9.47 Å². The summed E-state index contributed by atoms with van der Waals surface area (Å²) in [5.74, 6) is 1.22. The molecule has 1 aromatic heterocycles. The molecule has 0 bridgehead atoms. The van der Waals surface area contributed by atoms with Crippen LogP contribution >= 0.6 is 0 Å². The average Bonchev–Trinajstić information content (AvgIpc) is 3.50. The molecule has 2 atom stereocenters. The van der Waals surface area contributed by atoms with Gasteiger partial charge in [-0.3, -0.25) is 4.79 Å². The van der Waals surface area contributed by atoms with Crippen LogP contribution in [0.5, 0.6) is 0 Å². The second-order valence-corrected chi connectivity index (χ2v) is 7.52. The summed E-state index contributed by atoms with van der Waals surface area (Å²) in [6.07, 6.45) is 4.76. The number of rotatable bonds is 2. The standard InChI is InChI=1S/C22H22N2O.C2H6/c1-23-13-18(15-7-5-6-10-19(15)23)21-20(14-11-12-14)16-8-3-4-9-17(16)22(25)24(21)2;1-2/h3-10,13-14,20-21H,11-12H2,1-2H3;1-2H3. The first kappa shape index (κ1) is 17.8. The maximum atomic E-state index is 13.1. The largest absolute Gasteiger partial charge is 0.350 e. The van der Waals surface area contributed by atoms with Gasteiger partial charge < -0.3 is 9.47 Å². The third kappa shape index (κ3) is 2.77. The van der Waals surface area contributed by atoms with E-state index in [0.29, 0.717) is 11.8 Å². The van der Waals surface area contributed by atoms with Gasteiger partial charge in [-0.25, -0.2) is 0 Å². The van der Waals surface area contributed by atoms with Crippen LogP contribution in [0.3, 0.4) is 0 Å². The summed E-state index contributed by atoms with van der Waals surface area (Å²) >= 11 is 0. The molecule has 27 heavy (non-hydrogen) atoms. The molecule has 0 radical (unpaired) electrons. The van der Waals surface area contributed by atoms with Crippen molar-refractivity contribution in [2.45, 2.75) is 38.6 Å². The van der Waals surface area contributed by atoms with E-state index >= 15 is 0 Å². The Labute approximate surface area is 161 Å². The van der Waals surface area contributed by atoms with Gasteiger partial charge in [0.2, 0.25) is 0 Å². The number of aryl methyl sites for hydroxylation is 1. The molecule has 2 aliphatic rings. The van der Waals surface area contributed by atoms with Gasteiger partial charge in [-0.1, -0.05) is 50.2 Å². The van der Waals surface area contributed by atoms with E-state index < -0.39 is 0 Å². The molecule has 3 heteroatoms. The number of carbonyl (C=O) groups is 1. The van der Waals surface area contributed by atoms with E-state index in [9.17, 15) is 4.79 Å². The lowest BCUT2D eigenvalue weighted by atomic mass is 9.77. The Hall–Kier alpha value is -2.55. The minimum atomic E-state index is 0.112. The summed E-state index contributed by atoms with van der Waals surface area (Å²) in [6.45, 7) is 4.00. The topological polar surface area (TPSA) is 25.2 Å². The molecule has 3 aromatic rings. The van der Waals surface area contributed by atoms with Crippen molar-refractivity contribution < 1.29 is 4.79 Å². The van der Waals surface area contributed by atoms with E-state index in [0.717, 1.165) is 5.56 Å². The third-order valence-corrected chi connectivity index (χ3v) is 6.00. The van der Waals surface area contributed by atoms with Crippen LogP contribution in [0.2, 0.25) is 0 Å². The molecule has 2 heterocycles. The zero-order valence-electron chi connectivity index (χ0n) is 16.6. The number of amides is 1. The van der Waals surface area contributed by atoms with Gasteiger partial charge in [-0.05, 0) is 36.5 Å². The van der Waals surface area contributed by atoms with Gasteiger partial charge in [-0.2, -0.15) is 0 Å². The lowest BCUT2D eigenvalue weighted by Gasteiger charge is -2.40. The van der Waals surface area contributed by atoms with Crippen molar-refractivity contribution in [3.63, 3.8) is 0 Å². The number of carbonyl (C=O) groups excluding carboxylic acids is 1. The van der Waals surface area contributed by atoms with Crippen LogP contribution in [0.25, 0.3) is 10.9 Å². The van der Waals surface area contributed by atoms with Crippen LogP contribution in [0.1, 0.15) is 60.1 Å². The average molecular weight is 361 g/mol. The Morgan fingerprint density at radius 3 is 2.30 bits per heavy atom. The van der Waals surface area contributed by atoms with E-state index in [1.165, 1.54) is 34.9 Å². The van der Waals surface area contributed by atoms with Crippen molar-refractivity contribution in [1.29, 1.82) is 0 Å². The summed E-state index contributed by atoms with van der Waals surface area (Å²) in [4.78, 5) is 15.0. The SMILES string of the molecule is CC.CN1C(=O)c2ccccc2C(C2CC2)C1c1cn(C)c2ccccc12. The fourth-order valence-electron chi connectivity index (χ4n) is 4.69. The number of hydrogen-bond donors (Lipinski definition) is 0. The van der Waals surface area contributed by atoms with Crippen LogP contribution in [-0.2, 0) is 7.05 Å². The molecule has 0 spiro atoms. The maximum Gasteiger partial charge on any atom is 0.254 e. The van der Waals surface area contributed by atoms with Gasteiger partial charge in [0.1, 0.15) is 0 Å². The summed E-state index contributed by atoms with van der Waals surface area (Å²) in [6, 6.07) is 16.8. The minimum Gasteiger partial charge on any atom is -0.350 e. The molecule has 1 amide bonds. The van der Waals surface area contributed by atoms with E-state index in [-0.39, 0.29) is 11.9 Å². The number of benzene rings is 2. The predicted octanol–water partition coefficient (Wildman–Crippen LogP) is 5.53. The molecule has 2 aromatic carbocycles. The Bertz CT molecular complexity index is 983. The maximum absolute atomic E-state index is 13.1. The first-order valence-electron chi connectivity index (χ1n) is 10.1. The van der Waals surface area contributed by atoms with Gasteiger partial charge >= 0.3 is 0 Å². The molecule has 1 fully saturated rings. The molecule has 140 valence electrons. The van der Waals surface area contributed by atoms with E-state index in [1.54, 1.807) is 0 Å². The Kier molecular flexibility index (Phi) is 4.55. The molecule has 3 nitrogen and oxygen atoms in total. The quantitative estimate of drug-likeness (QED) is 0.590. The Morgan fingerprint density at radius 1 is 0.889 bits per heavy atom. The highest BCUT2D eigenvalue weighted by molar-refractivity contribution is 5.98. The second-order valence-electron chi connectivity index (χ2n) is 7.52. The van der Waals surface area contributed by atoms with Gasteiger partial charge in [0.15, 0.2) is 0 Å². The number of likely N-dealkylation sites (N-methyl/N-ethyl adjacent to an activating group) is 1. The Morgan fingerprint density at radius 2 is 1.56 bits per heavy atom. The van der Waals surface area contributed by atoms with Crippen LogP contribution < -0.4 is 0 Å². The first-order chi connectivity index (χ1) is 13.2. The summed E-state index contributed by atoms with van der Waals surface area (Å²) in [5, 5.41) is 1.26. The molecular weight excluding hydrogens is 332 g/mol. The highest BCUT2D eigenvalue weighted by atomic mass is 16.2. The van der Waals surface area contributed by atoms with Crippen LogP contribution in [-0.4, -0.2) is 22.4 Å². The smallest absolute Gasteiger partial charge is 0.254 e. The van der Waals surface area contributed by atoms with Crippen molar-refractivity contribution >= 4 is 16.8 Å². The predicted molar refractivity (Wildman–Crippen MR) is 111 cm³/mol. The summed E-state index contributed by atoms with van der Waals surface area (Å²) < 4.78 is 2.19. The highest BCUT2D eigenvalue weighted by Gasteiger charge is 2.46. The van der Waals surface area contributed by atoms with E-state index in [2.05, 4.69) is 54.2 Å². The third-order valence-electron chi connectivity index (χ3n) is 6.00. The molecule has 0 saturated heterocycles. The summed E-state index contributed by atoms with van der Waals surface area (Å²) in [7, 11) is 4.07. The second kappa shape index (κ2) is 6.88. The number of nitrogens with zero attached hydrogens (tertiary/aromatic N) is 2. The minimum absolute atomic E-state index is 0.112. The number of aromatic nitrogens is 1. The fourth-order valence-corrected chi connectivity index (χ4v) is 4.69. The van der Waals surface area contributed by atoms with Crippen molar-refractivity contribution in [3.05, 3.63) is 71.4 Å². The number of fused-ring (bicyclic) bond motifs is 2. The molecule has 0 N–H and O–H groups in total. The van der Waals surface area contributed by atoms with Crippen LogP contribution in [0.4, 0.5) is 0 Å². The lowest BCUT2D eigenvalue weighted by molar-refractivity contribution is 0.0662. The highest BCUT2D eigenvalue weighted by Crippen LogP contribution is 2.54. The Balaban J connectivity index is 0.000000872. The molecule has 2 unspecified atom stereocenters. The number of hydrogen-bond acceptors (Lipinski definition) is 1. The van der Waals surface area contributed by atoms with Gasteiger partial charge in [0.25, 0.3) is 5.91 Å². The monoisotopic (exact) mass is 360 g/mol. The van der Waals surface area contributed by atoms with Crippen molar-refractivity contribution in [2.24, 2.45) is 13.0 Å². The van der Waals surface area contributed by atoms with Crippen LogP contribution in [0, 0.1) is 5.92 Å². The zero-order valence-corrected chi connectivity index (χ0v) is 16.6. The van der Waals surface area contributed by atoms with Gasteiger partial charge in [-0.15, -0.1) is 0 Å². The molecular formula is C24H28N2O. The molecule has 5 rings (SSSR count). The van der Waals surface area contributed by atoms with Crippen LogP contribution in [0.15, 0.2) is 54.7 Å². The van der Waals surface area contributed by atoms with Crippen molar-refractivity contribution in [3.8, 4) is 0 Å². The molecule has 1 aliphatic heterocycles. The molecule has 1 aliphatic carbocycles. The van der Waals surface area contributed by atoms with Gasteiger partial charge in [0, 0.05) is 48.2 Å². The zero-order chi connectivity index (χ0) is 19.1. The summed E-state index contributed by atoms with van der Waals surface area (Å²) in [5.41, 5.74) is 4.64. The van der Waals surface area contributed by atoms with Crippen molar-refractivity contribution in [2.75, 3.05) is 7.05 Å². The lowest BCUT2D eigenvalue weighted by Crippen LogP contribution is -2.40. The fraction of sp³-hybridized carbons (Fsp3) is 0.375. The van der Waals surface area contributed by atoms with E-state index in [4.69, 9.17) is 0 Å². The molecule has 1 saturated carbocycles. The van der Waals surface area contributed by atoms with E-state index in [1.807, 2.05) is 37.9 Å². The number of para-hydroxylation sites is 1. The normalized spacial score (nSPS) is 21.6.